The first-order valence-electron chi connectivity index (χ1n) is 16.8. The van der Waals surface area contributed by atoms with Crippen LogP contribution in [0.3, 0.4) is 0 Å². The van der Waals surface area contributed by atoms with Crippen LogP contribution in [0, 0.1) is 0 Å². The number of carbonyl (C=O) groups excluding carboxylic acids is 1. The number of benzene rings is 7. The number of fused-ring (bicyclic) bond motifs is 10. The van der Waals surface area contributed by atoms with Crippen LogP contribution in [0.5, 0.6) is 0 Å². The van der Waals surface area contributed by atoms with Gasteiger partial charge in [0.2, 0.25) is 0 Å². The quantitative estimate of drug-likeness (QED) is 0.205. The van der Waals surface area contributed by atoms with Crippen molar-refractivity contribution in [3.05, 3.63) is 163 Å². The lowest BCUT2D eigenvalue weighted by atomic mass is 9.99. The third-order valence-corrected chi connectivity index (χ3v) is 11.4. The second-order valence-corrected chi connectivity index (χ2v) is 14.1. The van der Waals surface area contributed by atoms with E-state index in [1.165, 1.54) is 32.9 Å². The summed E-state index contributed by atoms with van der Waals surface area (Å²) in [6.45, 7) is 0. The Morgan fingerprint density at radius 2 is 1.16 bits per heavy atom. The van der Waals surface area contributed by atoms with Crippen LogP contribution in [0.15, 0.2) is 163 Å². The van der Waals surface area contributed by atoms with Gasteiger partial charge in [0.1, 0.15) is 0 Å². The van der Waals surface area contributed by atoms with E-state index in [0.29, 0.717) is 0 Å². The van der Waals surface area contributed by atoms with Crippen LogP contribution in [0.2, 0.25) is 0 Å². The Balaban J connectivity index is 1.06. The monoisotopic (exact) mass is 660 g/mol. The van der Waals surface area contributed by atoms with E-state index in [-0.39, 0.29) is 11.4 Å². The number of thioether (sulfide) groups is 1. The van der Waals surface area contributed by atoms with Gasteiger partial charge in [-0.1, -0.05) is 103 Å². The van der Waals surface area contributed by atoms with E-state index in [4.69, 9.17) is 0 Å². The fourth-order valence-corrected chi connectivity index (χ4v) is 9.30. The molecule has 236 valence electrons. The van der Waals surface area contributed by atoms with Crippen LogP contribution in [0.4, 0.5) is 11.4 Å². The lowest BCUT2D eigenvalue weighted by molar-refractivity contribution is 0.0983. The van der Waals surface area contributed by atoms with E-state index < -0.39 is 0 Å². The zero-order chi connectivity index (χ0) is 32.9. The zero-order valence-electron chi connectivity index (χ0n) is 26.7. The number of rotatable bonds is 3. The van der Waals surface area contributed by atoms with Crippen molar-refractivity contribution in [3.63, 3.8) is 0 Å². The van der Waals surface area contributed by atoms with Gasteiger partial charge in [0.05, 0.1) is 39.0 Å². The maximum Gasteiger partial charge on any atom is 0.261 e. The molecule has 50 heavy (non-hydrogen) atoms. The molecular weight excluding hydrogens is 633 g/mol. The predicted octanol–water partition coefficient (Wildman–Crippen LogP) is 11.0. The molecule has 0 saturated heterocycles. The molecule has 9 aromatic rings. The van der Waals surface area contributed by atoms with Gasteiger partial charge in [-0.2, -0.15) is 0 Å². The Hall–Kier alpha value is -6.24. The van der Waals surface area contributed by atoms with Crippen LogP contribution < -0.4 is 10.2 Å². The summed E-state index contributed by atoms with van der Waals surface area (Å²) in [6, 6.07) is 55.7. The van der Waals surface area contributed by atoms with Gasteiger partial charge in [-0.25, -0.2) is 0 Å². The zero-order valence-corrected chi connectivity index (χ0v) is 27.6. The second-order valence-electron chi connectivity index (χ2n) is 13.0. The van der Waals surface area contributed by atoms with E-state index in [1.807, 2.05) is 29.2 Å². The molecule has 1 atom stereocenters. The summed E-state index contributed by atoms with van der Waals surface area (Å²) < 4.78 is 4.71. The van der Waals surface area contributed by atoms with Crippen LogP contribution in [-0.2, 0) is 0 Å². The molecule has 11 rings (SSSR count). The predicted molar refractivity (Wildman–Crippen MR) is 207 cm³/mol. The Morgan fingerprint density at radius 3 is 2.00 bits per heavy atom. The summed E-state index contributed by atoms with van der Waals surface area (Å²) in [4.78, 5) is 16.7. The minimum Gasteiger partial charge on any atom is -0.354 e. The minimum atomic E-state index is -0.173. The topological polar surface area (TPSA) is 42.2 Å². The average Bonchev–Trinajstić information content (AvgIpc) is 3.81. The number of para-hydroxylation sites is 3. The molecule has 0 fully saturated rings. The molecule has 0 radical (unpaired) electrons. The molecule has 2 aliphatic heterocycles. The smallest absolute Gasteiger partial charge is 0.261 e. The summed E-state index contributed by atoms with van der Waals surface area (Å²) in [5.74, 6) is 0.0381. The number of amides is 1. The number of hydrogen-bond acceptors (Lipinski definition) is 3. The maximum atomic E-state index is 13.7. The highest BCUT2D eigenvalue weighted by Crippen LogP contribution is 2.49. The van der Waals surface area contributed by atoms with Crippen LogP contribution >= 0.6 is 11.8 Å². The number of nitrogens with one attached hydrogen (secondary N) is 1. The second kappa shape index (κ2) is 10.4. The molecule has 0 aliphatic carbocycles. The van der Waals surface area contributed by atoms with Crippen molar-refractivity contribution in [1.29, 1.82) is 0 Å². The summed E-state index contributed by atoms with van der Waals surface area (Å²) in [5.41, 5.74) is 11.7. The lowest BCUT2D eigenvalue weighted by Crippen LogP contribution is -2.41. The van der Waals surface area contributed by atoms with Crippen molar-refractivity contribution < 1.29 is 4.79 Å². The average molecular weight is 661 g/mol. The Kier molecular flexibility index (Phi) is 5.75. The van der Waals surface area contributed by atoms with Gasteiger partial charge >= 0.3 is 0 Å². The van der Waals surface area contributed by atoms with Crippen molar-refractivity contribution in [1.82, 2.24) is 9.13 Å². The molecule has 2 aromatic heterocycles. The summed E-state index contributed by atoms with van der Waals surface area (Å²) in [6.07, 6.45) is 0. The first kappa shape index (κ1) is 27.7. The fraction of sp³-hybridized carbons (Fsp3) is 0.0227. The van der Waals surface area contributed by atoms with Gasteiger partial charge in [0.15, 0.2) is 5.50 Å². The summed E-state index contributed by atoms with van der Waals surface area (Å²) >= 11 is 1.69. The SMILES string of the molecule is O=C1c2ccccc2SC2Nc3cc4c(cc3N12)c1ccccc1n4-c1ccc(-c2cccc3c2c2ccccc2n3-c2ccccc2)cc1. The van der Waals surface area contributed by atoms with E-state index in [9.17, 15) is 4.79 Å². The molecule has 1 unspecified atom stereocenters. The largest absolute Gasteiger partial charge is 0.354 e. The fourth-order valence-electron chi connectivity index (χ4n) is 8.12. The molecule has 6 heteroatoms. The summed E-state index contributed by atoms with van der Waals surface area (Å²) in [5, 5.41) is 8.43. The van der Waals surface area contributed by atoms with Crippen molar-refractivity contribution in [2.24, 2.45) is 0 Å². The van der Waals surface area contributed by atoms with Gasteiger partial charge in [-0.15, -0.1) is 0 Å². The molecule has 0 saturated carbocycles. The van der Waals surface area contributed by atoms with Crippen molar-refractivity contribution in [3.8, 4) is 22.5 Å². The van der Waals surface area contributed by atoms with Crippen LogP contribution in [0.1, 0.15) is 10.4 Å². The molecule has 0 bridgehead atoms. The highest BCUT2D eigenvalue weighted by molar-refractivity contribution is 8.00. The molecule has 1 N–H and O–H groups in total. The number of anilines is 2. The Labute approximate surface area is 292 Å². The number of carbonyl (C=O) groups is 1. The minimum absolute atomic E-state index is 0.0381. The van der Waals surface area contributed by atoms with Crippen molar-refractivity contribution in [2.75, 3.05) is 10.2 Å². The number of aromatic nitrogens is 2. The van der Waals surface area contributed by atoms with Gasteiger partial charge in [-0.05, 0) is 77.9 Å². The first-order chi connectivity index (χ1) is 24.7. The third kappa shape index (κ3) is 3.82. The molecule has 7 aromatic carbocycles. The normalized spacial score (nSPS) is 15.1. The van der Waals surface area contributed by atoms with Gasteiger partial charge in [-0.3, -0.25) is 9.69 Å². The van der Waals surface area contributed by atoms with E-state index >= 15 is 0 Å². The molecule has 0 spiro atoms. The van der Waals surface area contributed by atoms with E-state index in [2.05, 4.69) is 148 Å². The summed E-state index contributed by atoms with van der Waals surface area (Å²) in [7, 11) is 0. The molecule has 1 amide bonds. The van der Waals surface area contributed by atoms with E-state index in [0.717, 1.165) is 55.0 Å². The third-order valence-electron chi connectivity index (χ3n) is 10.3. The van der Waals surface area contributed by atoms with Gasteiger partial charge < -0.3 is 14.5 Å². The number of hydrogen-bond donors (Lipinski definition) is 1. The van der Waals surface area contributed by atoms with Gasteiger partial charge in [0, 0.05) is 37.8 Å². The van der Waals surface area contributed by atoms with Crippen molar-refractivity contribution >= 4 is 72.7 Å². The van der Waals surface area contributed by atoms with E-state index in [1.54, 1.807) is 11.8 Å². The standard InChI is InChI=1S/C44H28N4OS/c49-43-33-15-6-9-20-41(33)50-44-45-35-26-39-34(25-40(35)48(43)44)31-13-4-7-17-36(31)47(39)29-23-21-27(22-24-29)30-16-10-19-38-42(30)32-14-5-8-18-37(32)46(38)28-11-2-1-3-12-28/h1-26,44-45H. The molecule has 4 heterocycles. The first-order valence-corrected chi connectivity index (χ1v) is 17.7. The molecule has 2 aliphatic rings. The molecular formula is C44H28N4OS. The Bertz CT molecular complexity index is 2850. The number of nitrogens with zero attached hydrogens (tertiary/aromatic N) is 3. The highest BCUT2D eigenvalue weighted by Gasteiger charge is 2.40. The Morgan fingerprint density at radius 1 is 0.520 bits per heavy atom. The van der Waals surface area contributed by atoms with Gasteiger partial charge in [0.25, 0.3) is 5.91 Å². The highest BCUT2D eigenvalue weighted by atomic mass is 32.2. The van der Waals surface area contributed by atoms with Crippen molar-refractivity contribution in [2.45, 2.75) is 10.4 Å². The lowest BCUT2D eigenvalue weighted by Gasteiger charge is -2.30. The maximum absolute atomic E-state index is 13.7. The molecule has 5 nitrogen and oxygen atoms in total. The van der Waals surface area contributed by atoms with Crippen LogP contribution in [0.25, 0.3) is 66.1 Å². The van der Waals surface area contributed by atoms with Crippen LogP contribution in [-0.4, -0.2) is 20.5 Å².